The highest BCUT2D eigenvalue weighted by Gasteiger charge is 2.71. The topological polar surface area (TPSA) is 29.5 Å². The molecule has 2 bridgehead atoms. The number of aliphatic hydroxyl groups excluding tert-OH is 1. The maximum absolute atomic E-state index is 10.9. The van der Waals surface area contributed by atoms with E-state index in [4.69, 9.17) is 4.74 Å². The molecule has 31 heavy (non-hydrogen) atoms. The minimum absolute atomic E-state index is 0.0639. The maximum atomic E-state index is 10.9. The van der Waals surface area contributed by atoms with Crippen LogP contribution in [0.3, 0.4) is 0 Å². The third kappa shape index (κ3) is 2.38. The van der Waals surface area contributed by atoms with Crippen molar-refractivity contribution in [1.82, 2.24) is 0 Å². The van der Waals surface area contributed by atoms with Crippen LogP contribution in [0, 0.1) is 57.2 Å². The molecule has 2 heteroatoms. The average Bonchev–Trinajstić information content (AvgIpc) is 3.02. The SMILES string of the molecule is C[C@H]1CO[C@]23CC[C@@H]1[C@@H]2[C@H]1CC[C@@H]2[C@@]4(C)CC[C@H](O)C(C)(C)[C@@H]4CC[C@@]2(C)[C@]1(C)CC3. The van der Waals surface area contributed by atoms with E-state index in [9.17, 15) is 5.11 Å². The van der Waals surface area contributed by atoms with Gasteiger partial charge in [0.05, 0.1) is 18.3 Å². The van der Waals surface area contributed by atoms with Crippen LogP contribution >= 0.6 is 0 Å². The number of hydrogen-bond acceptors (Lipinski definition) is 2. The van der Waals surface area contributed by atoms with Gasteiger partial charge in [0.25, 0.3) is 0 Å². The Labute approximate surface area is 191 Å². The third-order valence-electron chi connectivity index (χ3n) is 13.8. The van der Waals surface area contributed by atoms with E-state index in [-0.39, 0.29) is 17.1 Å². The van der Waals surface area contributed by atoms with E-state index >= 15 is 0 Å². The summed E-state index contributed by atoms with van der Waals surface area (Å²) in [6, 6.07) is 0. The monoisotopic (exact) mass is 428 g/mol. The zero-order chi connectivity index (χ0) is 22.0. The minimum atomic E-state index is -0.118. The average molecular weight is 429 g/mol. The number of hydrogen-bond donors (Lipinski definition) is 1. The van der Waals surface area contributed by atoms with Crippen molar-refractivity contribution in [3.63, 3.8) is 0 Å². The van der Waals surface area contributed by atoms with E-state index in [0.717, 1.165) is 42.6 Å². The smallest absolute Gasteiger partial charge is 0.0716 e. The molecule has 5 saturated carbocycles. The Kier molecular flexibility index (Phi) is 4.37. The molecule has 176 valence electrons. The summed E-state index contributed by atoms with van der Waals surface area (Å²) in [7, 11) is 0. The minimum Gasteiger partial charge on any atom is -0.393 e. The molecule has 0 radical (unpaired) electrons. The van der Waals surface area contributed by atoms with E-state index in [1.165, 1.54) is 57.8 Å². The molecular weight excluding hydrogens is 380 g/mol. The summed E-state index contributed by atoms with van der Waals surface area (Å²) in [5, 5.41) is 10.9. The van der Waals surface area contributed by atoms with Crippen LogP contribution in [0.15, 0.2) is 0 Å². The van der Waals surface area contributed by atoms with Gasteiger partial charge >= 0.3 is 0 Å². The van der Waals surface area contributed by atoms with Crippen molar-refractivity contribution in [1.29, 1.82) is 0 Å². The zero-order valence-electron chi connectivity index (χ0n) is 21.2. The van der Waals surface area contributed by atoms with Crippen LogP contribution in [0.25, 0.3) is 0 Å². The highest BCUT2D eigenvalue weighted by molar-refractivity contribution is 5.20. The molecule has 1 aliphatic heterocycles. The molecule has 0 amide bonds. The van der Waals surface area contributed by atoms with Gasteiger partial charge in [-0.1, -0.05) is 41.5 Å². The van der Waals surface area contributed by atoms with Crippen LogP contribution in [0.4, 0.5) is 0 Å². The molecule has 1 N–H and O–H groups in total. The van der Waals surface area contributed by atoms with Crippen molar-refractivity contribution in [2.45, 2.75) is 117 Å². The molecule has 0 unspecified atom stereocenters. The summed E-state index contributed by atoms with van der Waals surface area (Å²) >= 11 is 0. The lowest BCUT2D eigenvalue weighted by Crippen LogP contribution is -2.68. The number of fused-ring (bicyclic) bond motifs is 5. The second kappa shape index (κ2) is 6.32. The summed E-state index contributed by atoms with van der Waals surface area (Å²) in [5.74, 6) is 4.84. The molecule has 6 rings (SSSR count). The van der Waals surface area contributed by atoms with Gasteiger partial charge < -0.3 is 9.84 Å². The fourth-order valence-corrected chi connectivity index (χ4v) is 11.9. The summed E-state index contributed by atoms with van der Waals surface area (Å²) < 4.78 is 6.75. The van der Waals surface area contributed by atoms with Crippen molar-refractivity contribution >= 4 is 0 Å². The molecule has 0 aromatic rings. The largest absolute Gasteiger partial charge is 0.393 e. The van der Waals surface area contributed by atoms with Gasteiger partial charge in [-0.15, -0.1) is 0 Å². The van der Waals surface area contributed by atoms with E-state index in [2.05, 4.69) is 41.5 Å². The van der Waals surface area contributed by atoms with Crippen LogP contribution in [0.1, 0.15) is 106 Å². The van der Waals surface area contributed by atoms with Gasteiger partial charge in [-0.25, -0.2) is 0 Å². The standard InChI is InChI=1S/C29H48O2/c1-18-17-31-29-14-9-19(18)24(29)20-7-8-22-26(4)12-11-23(30)25(2,3)21(26)10-13-28(22,6)27(20,5)15-16-29/h18-24,30H,7-17H2,1-6H3/t18-,19-,20+,21-,22+,23-,24+,26-,27+,28+,29-/m0/s1. The van der Waals surface area contributed by atoms with Gasteiger partial charge in [0.2, 0.25) is 0 Å². The van der Waals surface area contributed by atoms with Crippen LogP contribution in [-0.2, 0) is 4.74 Å². The van der Waals surface area contributed by atoms with Gasteiger partial charge in [0, 0.05) is 0 Å². The van der Waals surface area contributed by atoms with E-state index in [1.807, 2.05) is 0 Å². The Morgan fingerprint density at radius 3 is 2.29 bits per heavy atom. The van der Waals surface area contributed by atoms with Crippen LogP contribution in [-0.4, -0.2) is 23.4 Å². The Morgan fingerprint density at radius 1 is 0.742 bits per heavy atom. The first kappa shape index (κ1) is 21.5. The van der Waals surface area contributed by atoms with Crippen molar-refractivity contribution < 1.29 is 9.84 Å². The highest BCUT2D eigenvalue weighted by atomic mass is 16.5. The zero-order valence-corrected chi connectivity index (χ0v) is 21.2. The van der Waals surface area contributed by atoms with E-state index in [0.29, 0.717) is 22.2 Å². The molecule has 0 aromatic heterocycles. The van der Waals surface area contributed by atoms with Crippen molar-refractivity contribution in [3.8, 4) is 0 Å². The molecule has 1 heterocycles. The molecule has 0 aromatic carbocycles. The highest BCUT2D eigenvalue weighted by Crippen LogP contribution is 2.77. The molecule has 5 aliphatic carbocycles. The van der Waals surface area contributed by atoms with Gasteiger partial charge in [-0.05, 0) is 121 Å². The first-order valence-electron chi connectivity index (χ1n) is 13.8. The van der Waals surface area contributed by atoms with Crippen molar-refractivity contribution in [2.24, 2.45) is 57.2 Å². The Hall–Kier alpha value is -0.0800. The second-order valence-electron chi connectivity index (χ2n) is 14.6. The summed E-state index contributed by atoms with van der Waals surface area (Å²) in [5.41, 5.74) is 1.60. The summed E-state index contributed by atoms with van der Waals surface area (Å²) in [4.78, 5) is 0. The van der Waals surface area contributed by atoms with E-state index in [1.54, 1.807) is 0 Å². The summed E-state index contributed by atoms with van der Waals surface area (Å²) in [6.45, 7) is 16.4. The van der Waals surface area contributed by atoms with Crippen molar-refractivity contribution in [3.05, 3.63) is 0 Å². The Bertz CT molecular complexity index is 760. The van der Waals surface area contributed by atoms with Gasteiger partial charge in [-0.3, -0.25) is 0 Å². The van der Waals surface area contributed by atoms with Gasteiger partial charge in [0.1, 0.15) is 0 Å². The first-order valence-corrected chi connectivity index (χ1v) is 13.8. The second-order valence-corrected chi connectivity index (χ2v) is 14.6. The van der Waals surface area contributed by atoms with Crippen molar-refractivity contribution in [2.75, 3.05) is 6.61 Å². The quantitative estimate of drug-likeness (QED) is 0.457. The lowest BCUT2D eigenvalue weighted by atomic mass is 9.32. The molecule has 6 fully saturated rings. The predicted octanol–water partition coefficient (Wildman–Crippen LogP) is 6.85. The Morgan fingerprint density at radius 2 is 1.52 bits per heavy atom. The summed E-state index contributed by atoms with van der Waals surface area (Å²) in [6.07, 6.45) is 13.1. The molecule has 2 nitrogen and oxygen atoms in total. The van der Waals surface area contributed by atoms with Gasteiger partial charge in [-0.2, -0.15) is 0 Å². The molecular formula is C29H48O2. The maximum Gasteiger partial charge on any atom is 0.0716 e. The predicted molar refractivity (Wildman–Crippen MR) is 126 cm³/mol. The van der Waals surface area contributed by atoms with Crippen LogP contribution in [0.5, 0.6) is 0 Å². The first-order chi connectivity index (χ1) is 14.5. The lowest BCUT2D eigenvalue weighted by molar-refractivity contribution is -0.272. The number of rotatable bonds is 0. The molecule has 11 atom stereocenters. The van der Waals surface area contributed by atoms with Crippen LogP contribution in [0.2, 0.25) is 0 Å². The molecule has 1 saturated heterocycles. The third-order valence-corrected chi connectivity index (χ3v) is 13.8. The fourth-order valence-electron chi connectivity index (χ4n) is 11.9. The lowest BCUT2D eigenvalue weighted by Gasteiger charge is -2.73. The van der Waals surface area contributed by atoms with Gasteiger partial charge in [0.15, 0.2) is 0 Å². The van der Waals surface area contributed by atoms with Crippen LogP contribution < -0.4 is 0 Å². The Balaban J connectivity index is 1.39. The normalized spacial score (nSPS) is 62.2. The number of aliphatic hydroxyl groups is 1. The molecule has 6 aliphatic rings. The molecule has 0 spiro atoms. The van der Waals surface area contributed by atoms with E-state index < -0.39 is 0 Å². The fraction of sp³-hybridized carbons (Fsp3) is 1.00. The number of ether oxygens (including phenoxy) is 1.